The highest BCUT2D eigenvalue weighted by molar-refractivity contribution is 8.14. The first-order valence-electron chi connectivity index (χ1n) is 24.8. The summed E-state index contributed by atoms with van der Waals surface area (Å²) >= 11 is 1.66. The van der Waals surface area contributed by atoms with Gasteiger partial charge in [-0.05, 0) is 135 Å². The lowest BCUT2D eigenvalue weighted by Crippen LogP contribution is -2.56. The number of piperidine rings is 2. The minimum atomic E-state index is -0.241. The number of allylic oxidation sites excluding steroid dienone is 2. The third kappa shape index (κ3) is 11.7. The molecule has 5 N–H and O–H groups in total. The van der Waals surface area contributed by atoms with E-state index in [2.05, 4.69) is 68.5 Å². The molecule has 68 heavy (non-hydrogen) atoms. The quantitative estimate of drug-likeness (QED) is 0.111. The summed E-state index contributed by atoms with van der Waals surface area (Å²) in [5.74, 6) is -0.296. The van der Waals surface area contributed by atoms with Crippen molar-refractivity contribution in [2.45, 2.75) is 126 Å². The van der Waals surface area contributed by atoms with Gasteiger partial charge in [0.15, 0.2) is 0 Å². The minimum absolute atomic E-state index is 0.0479. The van der Waals surface area contributed by atoms with Crippen molar-refractivity contribution in [3.63, 3.8) is 0 Å². The van der Waals surface area contributed by atoms with Crippen LogP contribution in [0.5, 0.6) is 0 Å². The maximum absolute atomic E-state index is 13.1. The lowest BCUT2D eigenvalue weighted by Gasteiger charge is -2.52. The van der Waals surface area contributed by atoms with E-state index in [-0.39, 0.29) is 35.2 Å². The molecule has 2 unspecified atom stereocenters. The van der Waals surface area contributed by atoms with Gasteiger partial charge in [-0.1, -0.05) is 67.6 Å². The second kappa shape index (κ2) is 21.1. The summed E-state index contributed by atoms with van der Waals surface area (Å²) in [5, 5.41) is 9.89. The number of benzene rings is 2. The first kappa shape index (κ1) is 47.6. The van der Waals surface area contributed by atoms with Crippen LogP contribution in [0.4, 0.5) is 5.69 Å². The van der Waals surface area contributed by atoms with Crippen molar-refractivity contribution in [3.05, 3.63) is 119 Å². The number of fused-ring (bicyclic) bond motifs is 1. The first-order chi connectivity index (χ1) is 32.9. The van der Waals surface area contributed by atoms with Gasteiger partial charge in [0.25, 0.3) is 11.8 Å². The van der Waals surface area contributed by atoms with E-state index in [9.17, 15) is 19.2 Å². The summed E-state index contributed by atoms with van der Waals surface area (Å²) in [5.41, 5.74) is 13.3. The van der Waals surface area contributed by atoms with Gasteiger partial charge in [-0.3, -0.25) is 34.1 Å². The summed E-state index contributed by atoms with van der Waals surface area (Å²) in [4.78, 5) is 68.3. The number of rotatable bonds is 15. The SMILES string of the molecule is C=C1NC(=O)CCC1N1Cc2cc(CNC(=O)c3ccc(C4=CCC5(CC4)CN(CCCCCCC(=O)Nc4cccc(SC6=NCC(N7CCC(C)(N)CC7)CC=C6)c4)C5)cn3)ccc2C1=O. The number of hydrogen-bond acceptors (Lipinski definition) is 10. The Kier molecular flexibility index (Phi) is 14.8. The van der Waals surface area contributed by atoms with Crippen molar-refractivity contribution in [1.82, 2.24) is 30.3 Å². The summed E-state index contributed by atoms with van der Waals surface area (Å²) < 4.78 is 0. The first-order valence-corrected chi connectivity index (χ1v) is 25.6. The standard InChI is InChI=1S/C54H67N9O4S/c1-37-47(18-19-49(65)59-37)63-34-41-29-38(14-16-45(41)52(63)67)31-58-51(66)46-17-15-40(32-56-46)39-20-22-54(23-21-39)35-61(36-54)26-6-4-3-5-12-48(64)60-42-9-7-11-44(30-42)68-50-13-8-10-43(33-57-50)62-27-24-53(2,55)25-28-62/h7-9,11,13-17,20,29-30,32,43,47H,1,3-6,10,12,18-19,21-28,31,33-36,55H2,2H3,(H,58,66)(H,59,65)(H,60,64). The molecule has 2 atom stereocenters. The topological polar surface area (TPSA) is 165 Å². The van der Waals surface area contributed by atoms with Crippen molar-refractivity contribution < 1.29 is 19.2 Å². The van der Waals surface area contributed by atoms with Gasteiger partial charge in [0, 0.05) is 91.7 Å². The number of thioether (sulfide) groups is 1. The molecule has 3 fully saturated rings. The normalized spacial score (nSPS) is 22.4. The number of anilines is 1. The van der Waals surface area contributed by atoms with E-state index in [4.69, 9.17) is 10.7 Å². The van der Waals surface area contributed by atoms with Gasteiger partial charge in [0.2, 0.25) is 11.8 Å². The third-order valence-corrected chi connectivity index (χ3v) is 15.9. The molecule has 0 radical (unpaired) electrons. The Morgan fingerprint density at radius 2 is 1.84 bits per heavy atom. The van der Waals surface area contributed by atoms with E-state index in [0.717, 1.165) is 136 Å². The van der Waals surface area contributed by atoms with Crippen molar-refractivity contribution in [2.24, 2.45) is 16.1 Å². The van der Waals surface area contributed by atoms with E-state index in [1.807, 2.05) is 48.7 Å². The van der Waals surface area contributed by atoms with Crippen LogP contribution < -0.4 is 21.7 Å². The van der Waals surface area contributed by atoms with Crippen LogP contribution in [-0.2, 0) is 22.7 Å². The van der Waals surface area contributed by atoms with Crippen LogP contribution in [0.15, 0.2) is 101 Å². The molecular weight excluding hydrogens is 871 g/mol. The van der Waals surface area contributed by atoms with Gasteiger partial charge in [-0.2, -0.15) is 0 Å². The number of amides is 4. The Hall–Kier alpha value is -5.41. The number of aromatic nitrogens is 1. The van der Waals surface area contributed by atoms with Gasteiger partial charge in [0.05, 0.1) is 17.6 Å². The zero-order valence-corrected chi connectivity index (χ0v) is 40.4. The second-order valence-corrected chi connectivity index (χ2v) is 21.4. The molecule has 4 amide bonds. The lowest BCUT2D eigenvalue weighted by molar-refractivity contribution is -0.122. The van der Waals surface area contributed by atoms with E-state index in [0.29, 0.717) is 60.8 Å². The highest BCUT2D eigenvalue weighted by Crippen LogP contribution is 2.45. The monoisotopic (exact) mass is 938 g/mol. The molecule has 358 valence electrons. The van der Waals surface area contributed by atoms with Gasteiger partial charge in [-0.25, -0.2) is 0 Å². The number of nitrogens with one attached hydrogen (secondary N) is 3. The molecule has 14 heteroatoms. The van der Waals surface area contributed by atoms with Crippen molar-refractivity contribution in [2.75, 3.05) is 44.6 Å². The largest absolute Gasteiger partial charge is 0.347 e. The zero-order chi connectivity index (χ0) is 47.3. The smallest absolute Gasteiger partial charge is 0.270 e. The summed E-state index contributed by atoms with van der Waals surface area (Å²) in [7, 11) is 0. The Balaban J connectivity index is 0.635. The molecule has 13 nitrogen and oxygen atoms in total. The molecule has 6 aliphatic rings. The Bertz CT molecular complexity index is 2480. The van der Waals surface area contributed by atoms with Gasteiger partial charge >= 0.3 is 0 Å². The van der Waals surface area contributed by atoms with Crippen molar-refractivity contribution in [3.8, 4) is 0 Å². The molecule has 0 saturated carbocycles. The summed E-state index contributed by atoms with van der Waals surface area (Å²) in [6.07, 6.45) is 20.6. The molecule has 3 saturated heterocycles. The summed E-state index contributed by atoms with van der Waals surface area (Å²) in [6.45, 7) is 13.2. The minimum Gasteiger partial charge on any atom is -0.347 e. The number of pyridine rings is 1. The molecule has 5 aliphatic heterocycles. The highest BCUT2D eigenvalue weighted by Gasteiger charge is 2.43. The second-order valence-electron chi connectivity index (χ2n) is 20.3. The van der Waals surface area contributed by atoms with E-state index < -0.39 is 0 Å². The maximum atomic E-state index is 13.1. The van der Waals surface area contributed by atoms with E-state index in [1.54, 1.807) is 22.7 Å². The van der Waals surface area contributed by atoms with Gasteiger partial charge in [-0.15, -0.1) is 0 Å². The van der Waals surface area contributed by atoms with Crippen molar-refractivity contribution in [1.29, 1.82) is 0 Å². The number of unbranched alkanes of at least 4 members (excludes halogenated alkanes) is 3. The third-order valence-electron chi connectivity index (χ3n) is 14.9. The van der Waals surface area contributed by atoms with Gasteiger partial charge in [0.1, 0.15) is 5.69 Å². The van der Waals surface area contributed by atoms with Crippen molar-refractivity contribution >= 4 is 51.7 Å². The molecule has 1 aromatic heterocycles. The predicted molar refractivity (Wildman–Crippen MR) is 270 cm³/mol. The van der Waals surface area contributed by atoms with Crippen LogP contribution in [0.3, 0.4) is 0 Å². The zero-order valence-electron chi connectivity index (χ0n) is 39.6. The van der Waals surface area contributed by atoms with Crippen LogP contribution in [0.25, 0.3) is 5.57 Å². The number of hydrogen-bond donors (Lipinski definition) is 4. The number of carbonyl (C=O) groups excluding carboxylic acids is 4. The summed E-state index contributed by atoms with van der Waals surface area (Å²) in [6, 6.07) is 17.8. The number of nitrogens with zero attached hydrogens (tertiary/aromatic N) is 5. The number of nitrogens with two attached hydrogens (primary N) is 1. The molecule has 9 rings (SSSR count). The Labute approximate surface area is 405 Å². The van der Waals surface area contributed by atoms with E-state index in [1.165, 1.54) is 5.57 Å². The number of aliphatic imine (C=N–C) groups is 1. The highest BCUT2D eigenvalue weighted by atomic mass is 32.2. The van der Waals surface area contributed by atoms with Crippen LogP contribution in [-0.4, -0.2) is 105 Å². The lowest BCUT2D eigenvalue weighted by atomic mass is 9.69. The molecular formula is C54H67N9O4S. The molecule has 6 heterocycles. The maximum Gasteiger partial charge on any atom is 0.270 e. The van der Waals surface area contributed by atoms with Gasteiger partial charge < -0.3 is 31.5 Å². The fourth-order valence-corrected chi connectivity index (χ4v) is 11.6. The van der Waals surface area contributed by atoms with Crippen LogP contribution in [0.1, 0.15) is 128 Å². The fraction of sp³-hybridized carbons (Fsp3) is 0.481. The van der Waals surface area contributed by atoms with Crippen LogP contribution >= 0.6 is 11.8 Å². The Morgan fingerprint density at radius 1 is 1.00 bits per heavy atom. The molecule has 3 aromatic rings. The molecule has 1 spiro atoms. The van der Waals surface area contributed by atoms with Crippen LogP contribution in [0, 0.1) is 5.41 Å². The number of likely N-dealkylation sites (tertiary alicyclic amines) is 2. The Morgan fingerprint density at radius 3 is 2.62 bits per heavy atom. The predicted octanol–water partition coefficient (Wildman–Crippen LogP) is 7.85. The molecule has 1 aliphatic carbocycles. The molecule has 0 bridgehead atoms. The number of carbonyl (C=O) groups is 4. The van der Waals surface area contributed by atoms with Crippen LogP contribution in [0.2, 0.25) is 0 Å². The van der Waals surface area contributed by atoms with E-state index >= 15 is 0 Å². The fourth-order valence-electron chi connectivity index (χ4n) is 10.7. The average Bonchev–Trinajstić information content (AvgIpc) is 3.46. The molecule has 2 aromatic carbocycles. The average molecular weight is 938 g/mol.